The first kappa shape index (κ1) is 31.7. The molecule has 1 N–H and O–H groups in total. The Bertz CT molecular complexity index is 1400. The lowest BCUT2D eigenvalue weighted by atomic mass is 10.1. The SMILES string of the molecule is CCC(C(=O)NCC(C)C)N(Cc1ccc(Cl)cc1)C(=O)CN(c1cc(Cl)cc(Cl)c1)S(=O)(=O)c1ccccc1. The van der Waals surface area contributed by atoms with Crippen molar-refractivity contribution in [3.8, 4) is 0 Å². The smallest absolute Gasteiger partial charge is 0.264 e. The van der Waals surface area contributed by atoms with Gasteiger partial charge < -0.3 is 10.2 Å². The van der Waals surface area contributed by atoms with Gasteiger partial charge in [-0.25, -0.2) is 8.42 Å². The Morgan fingerprint density at radius 3 is 2.02 bits per heavy atom. The summed E-state index contributed by atoms with van der Waals surface area (Å²) in [6.45, 7) is 5.67. The molecule has 3 aromatic rings. The number of amides is 2. The molecule has 1 unspecified atom stereocenters. The zero-order valence-electron chi connectivity index (χ0n) is 22.5. The molecule has 0 aromatic heterocycles. The van der Waals surface area contributed by atoms with Gasteiger partial charge in [0.15, 0.2) is 0 Å². The van der Waals surface area contributed by atoms with Gasteiger partial charge in [-0.2, -0.15) is 0 Å². The molecule has 0 fully saturated rings. The molecule has 0 aliphatic rings. The molecule has 0 radical (unpaired) electrons. The van der Waals surface area contributed by atoms with Crippen LogP contribution in [0, 0.1) is 5.92 Å². The predicted octanol–water partition coefficient (Wildman–Crippen LogP) is 6.42. The second kappa shape index (κ2) is 14.2. The third-order valence-electron chi connectivity index (χ3n) is 6.08. The minimum absolute atomic E-state index is 0.00938. The van der Waals surface area contributed by atoms with E-state index in [4.69, 9.17) is 34.8 Å². The van der Waals surface area contributed by atoms with Gasteiger partial charge in [0.1, 0.15) is 12.6 Å². The topological polar surface area (TPSA) is 86.8 Å². The fourth-order valence-electron chi connectivity index (χ4n) is 4.06. The van der Waals surface area contributed by atoms with Crippen molar-refractivity contribution in [1.82, 2.24) is 10.2 Å². The number of hydrogen-bond donors (Lipinski definition) is 1. The van der Waals surface area contributed by atoms with Crippen LogP contribution in [0.2, 0.25) is 15.1 Å². The zero-order chi connectivity index (χ0) is 29.4. The zero-order valence-corrected chi connectivity index (χ0v) is 25.6. The monoisotopic (exact) mass is 623 g/mol. The fraction of sp³-hybridized carbons (Fsp3) is 0.310. The molecule has 40 heavy (non-hydrogen) atoms. The van der Waals surface area contributed by atoms with Crippen LogP contribution in [0.25, 0.3) is 0 Å². The van der Waals surface area contributed by atoms with Crippen LogP contribution in [0.4, 0.5) is 5.69 Å². The Balaban J connectivity index is 2.06. The van der Waals surface area contributed by atoms with Crippen LogP contribution < -0.4 is 9.62 Å². The van der Waals surface area contributed by atoms with Gasteiger partial charge in [0.2, 0.25) is 11.8 Å². The molecular weight excluding hydrogens is 593 g/mol. The highest BCUT2D eigenvalue weighted by molar-refractivity contribution is 7.92. The van der Waals surface area contributed by atoms with Crippen molar-refractivity contribution in [3.05, 3.63) is 93.4 Å². The van der Waals surface area contributed by atoms with Gasteiger partial charge in [-0.05, 0) is 60.4 Å². The molecule has 214 valence electrons. The molecular formula is C29H32Cl3N3O4S. The van der Waals surface area contributed by atoms with Gasteiger partial charge in [0.05, 0.1) is 10.6 Å². The summed E-state index contributed by atoms with van der Waals surface area (Å²) in [6.07, 6.45) is 0.317. The Labute approximate surface area is 251 Å². The van der Waals surface area contributed by atoms with Gasteiger partial charge in [-0.15, -0.1) is 0 Å². The van der Waals surface area contributed by atoms with Crippen LogP contribution in [0.3, 0.4) is 0 Å². The van der Waals surface area contributed by atoms with Crippen molar-refractivity contribution in [2.75, 3.05) is 17.4 Å². The van der Waals surface area contributed by atoms with E-state index in [9.17, 15) is 18.0 Å². The summed E-state index contributed by atoms with van der Waals surface area (Å²) in [7, 11) is -4.22. The molecule has 0 aliphatic carbocycles. The molecule has 2 amide bonds. The second-order valence-corrected chi connectivity index (χ2v) is 12.8. The second-order valence-electron chi connectivity index (χ2n) is 9.66. The number of sulfonamides is 1. The highest BCUT2D eigenvalue weighted by atomic mass is 35.5. The van der Waals surface area contributed by atoms with E-state index in [2.05, 4.69) is 5.32 Å². The van der Waals surface area contributed by atoms with Gasteiger partial charge in [0, 0.05) is 28.2 Å². The Morgan fingerprint density at radius 1 is 0.875 bits per heavy atom. The molecule has 11 heteroatoms. The summed E-state index contributed by atoms with van der Waals surface area (Å²) in [4.78, 5) is 28.7. The summed E-state index contributed by atoms with van der Waals surface area (Å²) in [5.74, 6) is -0.681. The van der Waals surface area contributed by atoms with Crippen molar-refractivity contribution in [2.24, 2.45) is 5.92 Å². The lowest BCUT2D eigenvalue weighted by Gasteiger charge is -2.33. The van der Waals surface area contributed by atoms with Crippen LogP contribution >= 0.6 is 34.8 Å². The number of carbonyl (C=O) groups excluding carboxylic acids is 2. The third-order valence-corrected chi connectivity index (χ3v) is 8.56. The summed E-state index contributed by atoms with van der Waals surface area (Å²) in [5.41, 5.74) is 0.856. The largest absolute Gasteiger partial charge is 0.354 e. The third kappa shape index (κ3) is 8.36. The van der Waals surface area contributed by atoms with Crippen molar-refractivity contribution in [2.45, 2.75) is 44.7 Å². The van der Waals surface area contributed by atoms with E-state index in [1.807, 2.05) is 13.8 Å². The standard InChI is InChI=1S/C29H32Cl3N3O4S/c1-4-27(29(37)33-17-20(2)3)34(18-21-10-12-22(30)13-11-21)28(36)19-35(25-15-23(31)14-24(32)16-25)40(38,39)26-8-6-5-7-9-26/h5-16,20,27H,4,17-19H2,1-3H3,(H,33,37). The van der Waals surface area contributed by atoms with E-state index in [1.54, 1.807) is 49.4 Å². The summed E-state index contributed by atoms with van der Waals surface area (Å²) in [5, 5.41) is 3.85. The van der Waals surface area contributed by atoms with Crippen molar-refractivity contribution in [1.29, 1.82) is 0 Å². The fourth-order valence-corrected chi connectivity index (χ4v) is 6.12. The summed E-state index contributed by atoms with van der Waals surface area (Å²) >= 11 is 18.5. The average molecular weight is 625 g/mol. The van der Waals surface area contributed by atoms with E-state index >= 15 is 0 Å². The number of rotatable bonds is 12. The first-order valence-electron chi connectivity index (χ1n) is 12.8. The van der Waals surface area contributed by atoms with Crippen LogP contribution in [-0.4, -0.2) is 44.3 Å². The molecule has 0 bridgehead atoms. The Kier molecular flexibility index (Phi) is 11.3. The first-order valence-corrected chi connectivity index (χ1v) is 15.3. The molecule has 7 nitrogen and oxygen atoms in total. The summed E-state index contributed by atoms with van der Waals surface area (Å²) in [6, 6.07) is 18.2. The predicted molar refractivity (Wildman–Crippen MR) is 161 cm³/mol. The van der Waals surface area contributed by atoms with E-state index in [1.165, 1.54) is 35.2 Å². The van der Waals surface area contributed by atoms with Crippen molar-refractivity contribution in [3.63, 3.8) is 0 Å². The molecule has 0 saturated heterocycles. The van der Waals surface area contributed by atoms with Crippen LogP contribution in [0.5, 0.6) is 0 Å². The maximum absolute atomic E-state index is 14.0. The van der Waals surface area contributed by atoms with E-state index in [-0.39, 0.29) is 39.0 Å². The van der Waals surface area contributed by atoms with Crippen molar-refractivity contribution < 1.29 is 18.0 Å². The maximum Gasteiger partial charge on any atom is 0.264 e. The molecule has 1 atom stereocenters. The number of anilines is 1. The van der Waals surface area contributed by atoms with E-state index in [0.717, 1.165) is 9.87 Å². The normalized spacial score (nSPS) is 12.2. The Morgan fingerprint density at radius 2 is 1.48 bits per heavy atom. The number of nitrogens with one attached hydrogen (secondary N) is 1. The van der Waals surface area contributed by atoms with Gasteiger partial charge in [-0.1, -0.05) is 85.9 Å². The number of carbonyl (C=O) groups is 2. The first-order chi connectivity index (χ1) is 18.9. The van der Waals surface area contributed by atoms with Gasteiger partial charge >= 0.3 is 0 Å². The highest BCUT2D eigenvalue weighted by Gasteiger charge is 2.34. The number of nitrogens with zero attached hydrogens (tertiary/aromatic N) is 2. The van der Waals surface area contributed by atoms with Crippen LogP contribution in [-0.2, 0) is 26.2 Å². The number of benzene rings is 3. The average Bonchev–Trinajstić information content (AvgIpc) is 2.91. The lowest BCUT2D eigenvalue weighted by molar-refractivity contribution is -0.140. The highest BCUT2D eigenvalue weighted by Crippen LogP contribution is 2.30. The molecule has 3 aromatic carbocycles. The summed E-state index contributed by atoms with van der Waals surface area (Å²) < 4.78 is 28.6. The van der Waals surface area contributed by atoms with E-state index < -0.39 is 28.5 Å². The molecule has 0 spiro atoms. The number of hydrogen-bond acceptors (Lipinski definition) is 4. The maximum atomic E-state index is 14.0. The molecule has 0 heterocycles. The van der Waals surface area contributed by atoms with Gasteiger partial charge in [0.25, 0.3) is 10.0 Å². The quantitative estimate of drug-likeness (QED) is 0.252. The van der Waals surface area contributed by atoms with E-state index in [0.29, 0.717) is 18.0 Å². The Hall–Kier alpha value is -2.78. The number of halogens is 3. The molecule has 3 rings (SSSR count). The van der Waals surface area contributed by atoms with Crippen LogP contribution in [0.1, 0.15) is 32.8 Å². The van der Waals surface area contributed by atoms with Crippen molar-refractivity contribution >= 4 is 62.3 Å². The van der Waals surface area contributed by atoms with Gasteiger partial charge in [-0.3, -0.25) is 13.9 Å². The minimum Gasteiger partial charge on any atom is -0.354 e. The van der Waals surface area contributed by atoms with Crippen LogP contribution in [0.15, 0.2) is 77.7 Å². The molecule has 0 saturated carbocycles. The minimum atomic E-state index is -4.22. The molecule has 0 aliphatic heterocycles. The lowest BCUT2D eigenvalue weighted by Crippen LogP contribution is -2.52.